The molecule has 1 aromatic rings. The highest BCUT2D eigenvalue weighted by atomic mass is 35.5. The maximum absolute atomic E-state index is 12.9. The molecule has 4 aliphatic rings. The van der Waals surface area contributed by atoms with Crippen LogP contribution in [0.25, 0.3) is 0 Å². The number of carbonyl (C=O) groups excluding carboxylic acids is 2. The summed E-state index contributed by atoms with van der Waals surface area (Å²) in [5.74, 6) is 1.02. The highest BCUT2D eigenvalue weighted by molar-refractivity contribution is 6.32. The van der Waals surface area contributed by atoms with Crippen LogP contribution in [-0.4, -0.2) is 77.5 Å². The third kappa shape index (κ3) is 4.36. The van der Waals surface area contributed by atoms with E-state index in [0.717, 1.165) is 31.6 Å². The van der Waals surface area contributed by atoms with Crippen molar-refractivity contribution in [1.82, 2.24) is 19.8 Å². The van der Waals surface area contributed by atoms with Crippen LogP contribution in [0.5, 0.6) is 0 Å². The second-order valence-electron chi connectivity index (χ2n) is 9.19. The van der Waals surface area contributed by atoms with Gasteiger partial charge in [-0.2, -0.15) is 4.98 Å². The Balaban J connectivity index is 1.35. The number of nitrogens with zero attached hydrogens (tertiary/aromatic N) is 5. The van der Waals surface area contributed by atoms with Gasteiger partial charge in [-0.1, -0.05) is 23.8 Å². The summed E-state index contributed by atoms with van der Waals surface area (Å²) >= 11 is 6.40. The van der Waals surface area contributed by atoms with Crippen molar-refractivity contribution >= 4 is 35.2 Å². The SMILES string of the molecule is CN1CCC(OC2=CC3C=C(Nc4nc(N5CCCCC5)ncc4Cl)C=CC3N(C)C2=O)C1=O. The van der Waals surface area contributed by atoms with Gasteiger partial charge in [0, 0.05) is 51.8 Å². The van der Waals surface area contributed by atoms with Crippen molar-refractivity contribution < 1.29 is 14.3 Å². The predicted molar refractivity (Wildman–Crippen MR) is 129 cm³/mol. The first-order valence-corrected chi connectivity index (χ1v) is 12.1. The molecule has 0 aromatic carbocycles. The van der Waals surface area contributed by atoms with E-state index in [1.807, 2.05) is 24.3 Å². The highest BCUT2D eigenvalue weighted by Crippen LogP contribution is 2.32. The fourth-order valence-electron chi connectivity index (χ4n) is 4.84. The quantitative estimate of drug-likeness (QED) is 0.686. The van der Waals surface area contributed by atoms with Crippen molar-refractivity contribution in [3.63, 3.8) is 0 Å². The van der Waals surface area contributed by atoms with Crippen molar-refractivity contribution in [2.75, 3.05) is 43.9 Å². The van der Waals surface area contributed by atoms with E-state index in [-0.39, 0.29) is 29.5 Å². The number of hydrogen-bond acceptors (Lipinski definition) is 7. The van der Waals surface area contributed by atoms with Gasteiger partial charge in [-0.05, 0) is 31.4 Å². The maximum atomic E-state index is 12.9. The number of nitrogens with one attached hydrogen (secondary N) is 1. The van der Waals surface area contributed by atoms with Crippen LogP contribution in [0.15, 0.2) is 42.0 Å². The first-order chi connectivity index (χ1) is 16.4. The molecule has 10 heteroatoms. The molecule has 0 saturated carbocycles. The molecule has 9 nitrogen and oxygen atoms in total. The number of hydrogen-bond donors (Lipinski definition) is 1. The van der Waals surface area contributed by atoms with Crippen LogP contribution in [-0.2, 0) is 14.3 Å². The van der Waals surface area contributed by atoms with E-state index >= 15 is 0 Å². The van der Waals surface area contributed by atoms with Crippen LogP contribution >= 0.6 is 11.6 Å². The van der Waals surface area contributed by atoms with E-state index in [9.17, 15) is 9.59 Å². The molecule has 34 heavy (non-hydrogen) atoms. The number of likely N-dealkylation sites (tertiary alicyclic amines) is 1. The Hall–Kier alpha value is -3.07. The van der Waals surface area contributed by atoms with Crippen molar-refractivity contribution in [2.24, 2.45) is 5.92 Å². The number of carbonyl (C=O) groups is 2. The number of fused-ring (bicyclic) bond motifs is 1. The van der Waals surface area contributed by atoms with Crippen LogP contribution in [0.3, 0.4) is 0 Å². The zero-order valence-corrected chi connectivity index (χ0v) is 20.2. The van der Waals surface area contributed by atoms with Gasteiger partial charge >= 0.3 is 0 Å². The molecule has 4 heterocycles. The first kappa shape index (κ1) is 22.7. The number of piperidine rings is 1. The predicted octanol–water partition coefficient (Wildman–Crippen LogP) is 2.57. The van der Waals surface area contributed by atoms with Gasteiger partial charge in [0.25, 0.3) is 11.8 Å². The van der Waals surface area contributed by atoms with Gasteiger partial charge < -0.3 is 24.8 Å². The molecule has 1 aliphatic carbocycles. The van der Waals surface area contributed by atoms with Gasteiger partial charge in [-0.25, -0.2) is 4.98 Å². The Labute approximate surface area is 204 Å². The molecule has 0 radical (unpaired) electrons. The van der Waals surface area contributed by atoms with Crippen LogP contribution in [0.1, 0.15) is 25.7 Å². The lowest BCUT2D eigenvalue weighted by Crippen LogP contribution is -2.46. The molecule has 3 atom stereocenters. The lowest BCUT2D eigenvalue weighted by Gasteiger charge is -2.37. The Morgan fingerprint density at radius 1 is 1.12 bits per heavy atom. The standard InChI is InChI=1S/C24H29ClN6O3/c1-29-11-8-19(22(29)32)34-20-13-15-12-16(6-7-18(15)30(2)23(20)33)27-21-17(25)14-26-24(28-21)31-9-4-3-5-10-31/h6-7,12-15,18-19H,3-5,8-11H2,1-2H3,(H,26,27,28). The summed E-state index contributed by atoms with van der Waals surface area (Å²) in [7, 11) is 3.49. The number of allylic oxidation sites excluding steroid dienone is 1. The smallest absolute Gasteiger partial charge is 0.288 e. The number of halogens is 1. The average Bonchev–Trinajstić information content (AvgIpc) is 3.16. The molecule has 0 bridgehead atoms. The monoisotopic (exact) mass is 484 g/mol. The molecular formula is C24H29ClN6O3. The third-order valence-electron chi connectivity index (χ3n) is 6.84. The molecule has 2 fully saturated rings. The summed E-state index contributed by atoms with van der Waals surface area (Å²) in [4.78, 5) is 39.7. The van der Waals surface area contributed by atoms with E-state index in [2.05, 4.69) is 20.2 Å². The fraction of sp³-hybridized carbons (Fsp3) is 0.500. The number of rotatable bonds is 5. The zero-order valence-electron chi connectivity index (χ0n) is 19.4. The van der Waals surface area contributed by atoms with E-state index < -0.39 is 6.10 Å². The van der Waals surface area contributed by atoms with Crippen molar-refractivity contribution in [2.45, 2.75) is 37.8 Å². The Morgan fingerprint density at radius 3 is 2.65 bits per heavy atom. The van der Waals surface area contributed by atoms with E-state index in [1.165, 1.54) is 6.42 Å². The molecule has 1 N–H and O–H groups in total. The molecular weight excluding hydrogens is 456 g/mol. The third-order valence-corrected chi connectivity index (χ3v) is 7.12. The van der Waals surface area contributed by atoms with Gasteiger partial charge in [-0.15, -0.1) is 0 Å². The lowest BCUT2D eigenvalue weighted by molar-refractivity contribution is -0.139. The molecule has 5 rings (SSSR count). The molecule has 3 unspecified atom stereocenters. The molecule has 180 valence electrons. The number of likely N-dealkylation sites (N-methyl/N-ethyl adjacent to an activating group) is 2. The molecule has 0 spiro atoms. The maximum Gasteiger partial charge on any atom is 0.288 e. The van der Waals surface area contributed by atoms with E-state index in [1.54, 1.807) is 30.1 Å². The first-order valence-electron chi connectivity index (χ1n) is 11.8. The average molecular weight is 485 g/mol. The van der Waals surface area contributed by atoms with Gasteiger partial charge in [0.15, 0.2) is 17.7 Å². The van der Waals surface area contributed by atoms with Gasteiger partial charge in [0.05, 0.1) is 12.2 Å². The number of ether oxygens (including phenoxy) is 1. The van der Waals surface area contributed by atoms with Crippen molar-refractivity contribution in [3.8, 4) is 0 Å². The summed E-state index contributed by atoms with van der Waals surface area (Å²) in [6, 6.07) is -0.128. The Bertz CT molecular complexity index is 1080. The zero-order chi connectivity index (χ0) is 23.8. The lowest BCUT2D eigenvalue weighted by atomic mass is 9.89. The van der Waals surface area contributed by atoms with Crippen molar-refractivity contribution in [3.05, 3.63) is 47.0 Å². The fourth-order valence-corrected chi connectivity index (χ4v) is 4.97. The highest BCUT2D eigenvalue weighted by Gasteiger charge is 2.38. The molecule has 2 amide bonds. The number of amides is 2. The van der Waals surface area contributed by atoms with Gasteiger partial charge in [0.2, 0.25) is 5.95 Å². The second-order valence-corrected chi connectivity index (χ2v) is 9.60. The van der Waals surface area contributed by atoms with E-state index in [0.29, 0.717) is 29.8 Å². The summed E-state index contributed by atoms with van der Waals surface area (Å²) in [5, 5.41) is 3.76. The molecule has 1 aromatic heterocycles. The number of aromatic nitrogens is 2. The minimum atomic E-state index is -0.612. The van der Waals surface area contributed by atoms with E-state index in [4.69, 9.17) is 16.3 Å². The second kappa shape index (κ2) is 9.29. The molecule has 2 saturated heterocycles. The summed E-state index contributed by atoms with van der Waals surface area (Å²) in [6.45, 7) is 2.52. The Kier molecular flexibility index (Phi) is 6.20. The minimum Gasteiger partial charge on any atom is -0.475 e. The normalized spacial score (nSPS) is 26.9. The van der Waals surface area contributed by atoms with Crippen LogP contribution in [0, 0.1) is 5.92 Å². The summed E-state index contributed by atoms with van der Waals surface area (Å²) in [5.41, 5.74) is 0.821. The number of anilines is 2. The van der Waals surface area contributed by atoms with Crippen LogP contribution in [0.4, 0.5) is 11.8 Å². The van der Waals surface area contributed by atoms with Crippen molar-refractivity contribution in [1.29, 1.82) is 0 Å². The largest absolute Gasteiger partial charge is 0.475 e. The van der Waals surface area contributed by atoms with Gasteiger partial charge in [0.1, 0.15) is 5.02 Å². The van der Waals surface area contributed by atoms with Crippen LogP contribution in [0.2, 0.25) is 5.02 Å². The minimum absolute atomic E-state index is 0.0946. The Morgan fingerprint density at radius 2 is 1.91 bits per heavy atom. The molecule has 3 aliphatic heterocycles. The topological polar surface area (TPSA) is 90.9 Å². The van der Waals surface area contributed by atoms with Gasteiger partial charge in [-0.3, -0.25) is 9.59 Å². The summed E-state index contributed by atoms with van der Waals surface area (Å²) in [6.07, 6.45) is 12.8. The summed E-state index contributed by atoms with van der Waals surface area (Å²) < 4.78 is 5.88. The van der Waals surface area contributed by atoms with Crippen LogP contribution < -0.4 is 10.2 Å².